The van der Waals surface area contributed by atoms with E-state index in [-0.39, 0.29) is 23.5 Å². The Labute approximate surface area is 278 Å². The normalized spacial score (nSPS) is 19.9. The maximum atomic E-state index is 14.6. The van der Waals surface area contributed by atoms with E-state index in [2.05, 4.69) is 62.2 Å². The summed E-state index contributed by atoms with van der Waals surface area (Å²) in [5.74, 6) is -1.19. The molecule has 5 atom stereocenters. The van der Waals surface area contributed by atoms with Crippen LogP contribution in [-0.2, 0) is 40.3 Å². The lowest BCUT2D eigenvalue weighted by Crippen LogP contribution is -2.63. The van der Waals surface area contributed by atoms with Crippen molar-refractivity contribution in [2.45, 2.75) is 84.3 Å². The average Bonchev–Trinajstić information content (AvgIpc) is 3.04. The number of ether oxygens (including phenoxy) is 3. The number of nitrogens with zero attached hydrogens (tertiary/aromatic N) is 1. The van der Waals surface area contributed by atoms with Gasteiger partial charge in [0.05, 0.1) is 38.0 Å². The predicted molar refractivity (Wildman–Crippen MR) is 183 cm³/mol. The molecule has 47 heavy (non-hydrogen) atoms. The van der Waals surface area contributed by atoms with E-state index in [0.717, 1.165) is 22.8 Å². The summed E-state index contributed by atoms with van der Waals surface area (Å²) in [6, 6.07) is 33.8. The van der Waals surface area contributed by atoms with Crippen LogP contribution in [0.1, 0.15) is 49.9 Å². The van der Waals surface area contributed by atoms with Gasteiger partial charge in [0.2, 0.25) is 0 Å². The smallest absolute Gasteiger partial charge is 0.172 e. The van der Waals surface area contributed by atoms with Crippen LogP contribution < -0.4 is 5.32 Å². The van der Waals surface area contributed by atoms with Crippen LogP contribution in [0, 0.1) is 17.0 Å². The van der Waals surface area contributed by atoms with Gasteiger partial charge in [0.15, 0.2) is 6.29 Å². The summed E-state index contributed by atoms with van der Waals surface area (Å²) in [4.78, 5) is 2.37. The lowest BCUT2D eigenvalue weighted by molar-refractivity contribution is -0.206. The largest absolute Gasteiger partial charge is 0.370 e. The van der Waals surface area contributed by atoms with Crippen LogP contribution in [0.15, 0.2) is 109 Å². The highest BCUT2D eigenvalue weighted by Crippen LogP contribution is 2.27. The van der Waals surface area contributed by atoms with Gasteiger partial charge in [-0.05, 0) is 53.1 Å². The van der Waals surface area contributed by atoms with E-state index in [4.69, 9.17) is 14.2 Å². The molecule has 0 amide bonds. The molecule has 1 aliphatic rings. The van der Waals surface area contributed by atoms with Crippen molar-refractivity contribution in [2.75, 3.05) is 13.2 Å². The number of nitrogens with one attached hydrogen (secondary N) is 1. The second kappa shape index (κ2) is 16.6. The van der Waals surface area contributed by atoms with Crippen molar-refractivity contribution in [1.29, 1.82) is 0 Å². The second-order valence-electron chi connectivity index (χ2n) is 13.8. The van der Waals surface area contributed by atoms with E-state index in [9.17, 15) is 8.78 Å². The fraction of sp³-hybridized carbons (Fsp3) is 0.400. The van der Waals surface area contributed by atoms with Crippen LogP contribution in [0.5, 0.6) is 0 Å². The molecule has 0 radical (unpaired) electrons. The second-order valence-corrected chi connectivity index (χ2v) is 13.8. The van der Waals surface area contributed by atoms with E-state index in [1.807, 2.05) is 66.7 Å². The van der Waals surface area contributed by atoms with Gasteiger partial charge < -0.3 is 19.5 Å². The van der Waals surface area contributed by atoms with Crippen molar-refractivity contribution in [3.05, 3.63) is 143 Å². The first-order chi connectivity index (χ1) is 22.6. The number of halogens is 2. The van der Waals surface area contributed by atoms with Crippen molar-refractivity contribution in [3.8, 4) is 0 Å². The van der Waals surface area contributed by atoms with Crippen LogP contribution >= 0.6 is 0 Å². The van der Waals surface area contributed by atoms with Gasteiger partial charge in [-0.25, -0.2) is 8.78 Å². The average molecular weight is 643 g/mol. The van der Waals surface area contributed by atoms with Crippen LogP contribution in [0.25, 0.3) is 0 Å². The Morgan fingerprint density at radius 3 is 1.83 bits per heavy atom. The third-order valence-corrected chi connectivity index (χ3v) is 8.36. The monoisotopic (exact) mass is 642 g/mol. The first kappa shape index (κ1) is 34.9. The molecule has 0 aromatic heterocycles. The lowest BCUT2D eigenvalue weighted by atomic mass is 9.92. The number of rotatable bonds is 14. The van der Waals surface area contributed by atoms with E-state index in [1.54, 1.807) is 0 Å². The Morgan fingerprint density at radius 1 is 0.787 bits per heavy atom. The first-order valence-corrected chi connectivity index (χ1v) is 16.5. The first-order valence-electron chi connectivity index (χ1n) is 16.5. The fourth-order valence-corrected chi connectivity index (χ4v) is 6.13. The Balaban J connectivity index is 1.53. The molecule has 0 bridgehead atoms. The molecule has 0 aliphatic carbocycles. The Morgan fingerprint density at radius 2 is 1.32 bits per heavy atom. The third kappa shape index (κ3) is 10.8. The molecular formula is C40H48F2N2O3. The number of benzene rings is 4. The molecule has 7 heteroatoms. The molecule has 1 N–H and O–H groups in total. The molecule has 4 aromatic rings. The molecule has 0 unspecified atom stereocenters. The van der Waals surface area contributed by atoms with Crippen molar-refractivity contribution in [1.82, 2.24) is 10.2 Å². The summed E-state index contributed by atoms with van der Waals surface area (Å²) >= 11 is 0. The molecule has 1 saturated heterocycles. The zero-order valence-electron chi connectivity index (χ0n) is 27.9. The SMILES string of the molecule is C[C@H]1N[C@@H]([C@H](OCc2ccccc2)[C@H](Cc2cc(F)cc(F)c2)N(Cc2ccccc2)Cc2ccccc2)CO[C@H]1OCC(C)(C)C. The summed E-state index contributed by atoms with van der Waals surface area (Å²) < 4.78 is 48.7. The zero-order valence-corrected chi connectivity index (χ0v) is 27.9. The third-order valence-electron chi connectivity index (χ3n) is 8.36. The highest BCUT2D eigenvalue weighted by molar-refractivity contribution is 5.22. The number of hydrogen-bond donors (Lipinski definition) is 1. The van der Waals surface area contributed by atoms with Crippen molar-refractivity contribution in [2.24, 2.45) is 5.41 Å². The summed E-state index contributed by atoms with van der Waals surface area (Å²) in [6.45, 7) is 11.0. The van der Waals surface area contributed by atoms with Gasteiger partial charge in [-0.3, -0.25) is 4.90 Å². The molecule has 4 aromatic carbocycles. The van der Waals surface area contributed by atoms with Crippen molar-refractivity contribution >= 4 is 0 Å². The van der Waals surface area contributed by atoms with Gasteiger partial charge in [0, 0.05) is 25.2 Å². The summed E-state index contributed by atoms with van der Waals surface area (Å²) in [5, 5.41) is 3.76. The molecule has 0 spiro atoms. The van der Waals surface area contributed by atoms with E-state index in [0.29, 0.717) is 44.9 Å². The minimum Gasteiger partial charge on any atom is -0.370 e. The molecule has 1 fully saturated rings. The highest BCUT2D eigenvalue weighted by Gasteiger charge is 2.40. The molecular weight excluding hydrogens is 594 g/mol. The van der Waals surface area contributed by atoms with Gasteiger partial charge in [-0.2, -0.15) is 0 Å². The quantitative estimate of drug-likeness (QED) is 0.151. The minimum atomic E-state index is -0.593. The molecule has 5 nitrogen and oxygen atoms in total. The zero-order chi connectivity index (χ0) is 33.2. The Kier molecular flexibility index (Phi) is 12.3. The van der Waals surface area contributed by atoms with Gasteiger partial charge in [-0.1, -0.05) is 112 Å². The Hall–Kier alpha value is -3.46. The van der Waals surface area contributed by atoms with E-state index < -0.39 is 24.0 Å². The molecule has 250 valence electrons. The van der Waals surface area contributed by atoms with Crippen molar-refractivity contribution < 1.29 is 23.0 Å². The summed E-state index contributed by atoms with van der Waals surface area (Å²) in [5.41, 5.74) is 3.89. The van der Waals surface area contributed by atoms with E-state index in [1.165, 1.54) is 12.1 Å². The minimum absolute atomic E-state index is 0.00195. The number of morpholine rings is 1. The van der Waals surface area contributed by atoms with E-state index >= 15 is 0 Å². The van der Waals surface area contributed by atoms with Crippen LogP contribution in [0.2, 0.25) is 0 Å². The molecule has 1 heterocycles. The van der Waals surface area contributed by atoms with Gasteiger partial charge in [0.1, 0.15) is 11.6 Å². The van der Waals surface area contributed by atoms with Gasteiger partial charge >= 0.3 is 0 Å². The summed E-state index contributed by atoms with van der Waals surface area (Å²) in [7, 11) is 0. The lowest BCUT2D eigenvalue weighted by Gasteiger charge is -2.45. The number of hydrogen-bond acceptors (Lipinski definition) is 5. The van der Waals surface area contributed by atoms with Gasteiger partial charge in [0.25, 0.3) is 0 Å². The van der Waals surface area contributed by atoms with Gasteiger partial charge in [-0.15, -0.1) is 0 Å². The maximum Gasteiger partial charge on any atom is 0.172 e. The van der Waals surface area contributed by atoms with Crippen molar-refractivity contribution in [3.63, 3.8) is 0 Å². The maximum absolute atomic E-state index is 14.6. The summed E-state index contributed by atoms with van der Waals surface area (Å²) in [6.07, 6.45) is -0.453. The fourth-order valence-electron chi connectivity index (χ4n) is 6.13. The predicted octanol–water partition coefficient (Wildman–Crippen LogP) is 7.93. The molecule has 0 saturated carbocycles. The Bertz CT molecular complexity index is 1440. The van der Waals surface area contributed by atoms with Crippen LogP contribution in [-0.4, -0.2) is 48.6 Å². The molecule has 5 rings (SSSR count). The topological polar surface area (TPSA) is 43.0 Å². The van der Waals surface area contributed by atoms with Crippen LogP contribution in [0.3, 0.4) is 0 Å². The standard InChI is InChI=1S/C40H48F2N2O3/c1-29-39(47-28-40(2,3)4)46-27-36(43-29)38(45-26-32-18-12-7-13-19-32)37(22-33-20-34(41)23-35(42)21-33)44(24-30-14-8-5-9-15-30)25-31-16-10-6-11-17-31/h5-21,23,29,36-39,43H,22,24-28H2,1-4H3/t29-,36-,37+,38+,39+/m1/s1. The molecule has 1 aliphatic heterocycles. The van der Waals surface area contributed by atoms with Crippen LogP contribution in [0.4, 0.5) is 8.78 Å². The highest BCUT2D eigenvalue weighted by atomic mass is 19.1.